The van der Waals surface area contributed by atoms with E-state index in [9.17, 15) is 8.42 Å². The van der Waals surface area contributed by atoms with E-state index in [-0.39, 0.29) is 11.8 Å². The quantitative estimate of drug-likeness (QED) is 0.851. The Hall–Kier alpha value is -2.18. The van der Waals surface area contributed by atoms with Gasteiger partial charge in [0.05, 0.1) is 11.8 Å². The molecule has 0 unspecified atom stereocenters. The number of rotatable bonds is 4. The van der Waals surface area contributed by atoms with E-state index in [1.165, 1.54) is 5.41 Å². The minimum Gasteiger partial charge on any atom is -0.337 e. The molecule has 0 fully saturated rings. The van der Waals surface area contributed by atoms with Crippen molar-refractivity contribution >= 4 is 32.9 Å². The number of nitrogens with one attached hydrogen (secondary N) is 1. The topological polar surface area (TPSA) is 49.4 Å². The summed E-state index contributed by atoms with van der Waals surface area (Å²) in [5, 5.41) is 4.98. The van der Waals surface area contributed by atoms with E-state index < -0.39 is 9.84 Å². The molecule has 1 heterocycles. The lowest BCUT2D eigenvalue weighted by Crippen LogP contribution is -2.42. The predicted octanol–water partition coefficient (Wildman–Crippen LogP) is 3.20. The van der Waals surface area contributed by atoms with Gasteiger partial charge in [0.1, 0.15) is 0 Å². The number of hydrogen-bond donors (Lipinski definition) is 1. The Kier molecular flexibility index (Phi) is 4.97. The van der Waals surface area contributed by atoms with Gasteiger partial charge in [0.15, 0.2) is 14.9 Å². The first kappa shape index (κ1) is 16.7. The maximum absolute atomic E-state index is 11.8. The average Bonchev–Trinajstić information content (AvgIpc) is 2.94. The van der Waals surface area contributed by atoms with E-state index in [2.05, 4.69) is 5.32 Å². The average molecular weight is 358 g/mol. The molecule has 1 atom stereocenters. The fraction of sp³-hybridized carbons (Fsp3) is 0.167. The van der Waals surface area contributed by atoms with Gasteiger partial charge in [-0.25, -0.2) is 8.42 Å². The molecule has 0 amide bonds. The first-order chi connectivity index (χ1) is 11.5. The number of sulfone groups is 1. The van der Waals surface area contributed by atoms with Crippen LogP contribution in [-0.2, 0) is 16.4 Å². The zero-order valence-corrected chi connectivity index (χ0v) is 14.6. The molecule has 1 N–H and O–H groups in total. The SMILES string of the molecule is O=S1(=O)C=C[C@H](N(Cc2ccccc2)C(=S)Nc2ccccc2)C1. The molecule has 1 aliphatic rings. The van der Waals surface area contributed by atoms with Crippen LogP contribution in [0.2, 0.25) is 0 Å². The summed E-state index contributed by atoms with van der Waals surface area (Å²) < 4.78 is 23.6. The maximum Gasteiger partial charge on any atom is 0.174 e. The lowest BCUT2D eigenvalue weighted by Gasteiger charge is -2.30. The molecular formula is C18H18N2O2S2. The van der Waals surface area contributed by atoms with Gasteiger partial charge in [-0.3, -0.25) is 0 Å². The molecule has 2 aromatic rings. The molecule has 0 aromatic heterocycles. The summed E-state index contributed by atoms with van der Waals surface area (Å²) in [6.07, 6.45) is 1.71. The number of nitrogens with zero attached hydrogens (tertiary/aromatic N) is 1. The summed E-state index contributed by atoms with van der Waals surface area (Å²) in [6, 6.07) is 19.2. The van der Waals surface area contributed by atoms with Gasteiger partial charge in [-0.15, -0.1) is 0 Å². The van der Waals surface area contributed by atoms with Crippen molar-refractivity contribution < 1.29 is 8.42 Å². The van der Waals surface area contributed by atoms with Crippen LogP contribution >= 0.6 is 12.2 Å². The first-order valence-electron chi connectivity index (χ1n) is 7.61. The van der Waals surface area contributed by atoms with Crippen LogP contribution in [0.25, 0.3) is 0 Å². The van der Waals surface area contributed by atoms with Crippen molar-refractivity contribution in [1.82, 2.24) is 4.90 Å². The molecule has 2 aromatic carbocycles. The molecule has 0 spiro atoms. The van der Waals surface area contributed by atoms with Crippen molar-refractivity contribution in [1.29, 1.82) is 0 Å². The Bertz CT molecular complexity index is 834. The van der Waals surface area contributed by atoms with Crippen LogP contribution in [0.1, 0.15) is 5.56 Å². The van der Waals surface area contributed by atoms with Crippen molar-refractivity contribution in [2.45, 2.75) is 12.6 Å². The van der Waals surface area contributed by atoms with E-state index in [0.717, 1.165) is 11.3 Å². The Morgan fingerprint density at radius 1 is 1.08 bits per heavy atom. The third-order valence-electron chi connectivity index (χ3n) is 3.79. The molecular weight excluding hydrogens is 340 g/mol. The molecule has 3 rings (SSSR count). The molecule has 1 aliphatic heterocycles. The summed E-state index contributed by atoms with van der Waals surface area (Å²) in [4.78, 5) is 1.92. The van der Waals surface area contributed by atoms with Gasteiger partial charge in [-0.05, 0) is 36.0 Å². The second-order valence-electron chi connectivity index (χ2n) is 5.64. The van der Waals surface area contributed by atoms with Crippen molar-refractivity contribution in [3.05, 3.63) is 77.7 Å². The van der Waals surface area contributed by atoms with Crippen LogP contribution in [-0.4, -0.2) is 30.2 Å². The van der Waals surface area contributed by atoms with E-state index in [1.807, 2.05) is 65.6 Å². The third-order valence-corrected chi connectivity index (χ3v) is 5.51. The second kappa shape index (κ2) is 7.15. The summed E-state index contributed by atoms with van der Waals surface area (Å²) in [6.45, 7) is 0.546. The van der Waals surface area contributed by atoms with Gasteiger partial charge in [-0.1, -0.05) is 48.5 Å². The van der Waals surface area contributed by atoms with Crippen molar-refractivity contribution in [2.75, 3.05) is 11.1 Å². The monoisotopic (exact) mass is 358 g/mol. The van der Waals surface area contributed by atoms with Crippen LogP contribution < -0.4 is 5.32 Å². The van der Waals surface area contributed by atoms with Crippen molar-refractivity contribution in [2.24, 2.45) is 0 Å². The zero-order valence-electron chi connectivity index (χ0n) is 13.0. The van der Waals surface area contributed by atoms with E-state index >= 15 is 0 Å². The van der Waals surface area contributed by atoms with E-state index in [1.54, 1.807) is 6.08 Å². The molecule has 0 saturated carbocycles. The molecule has 0 bridgehead atoms. The highest BCUT2D eigenvalue weighted by Crippen LogP contribution is 2.19. The largest absolute Gasteiger partial charge is 0.337 e. The number of benzene rings is 2. The molecule has 0 saturated heterocycles. The highest BCUT2D eigenvalue weighted by atomic mass is 32.2. The van der Waals surface area contributed by atoms with Gasteiger partial charge >= 0.3 is 0 Å². The second-order valence-corrected chi connectivity index (χ2v) is 7.95. The van der Waals surface area contributed by atoms with Gasteiger partial charge in [0, 0.05) is 17.6 Å². The number of para-hydroxylation sites is 1. The number of hydrogen-bond acceptors (Lipinski definition) is 3. The third kappa shape index (κ3) is 4.21. The molecule has 0 aliphatic carbocycles. The Labute approximate surface area is 147 Å². The highest BCUT2D eigenvalue weighted by Gasteiger charge is 2.28. The summed E-state index contributed by atoms with van der Waals surface area (Å²) >= 11 is 5.55. The molecule has 24 heavy (non-hydrogen) atoms. The molecule has 6 heteroatoms. The fourth-order valence-corrected chi connectivity index (χ4v) is 4.21. The fourth-order valence-electron chi connectivity index (χ4n) is 2.59. The highest BCUT2D eigenvalue weighted by molar-refractivity contribution is 7.94. The van der Waals surface area contributed by atoms with Crippen LogP contribution in [0.5, 0.6) is 0 Å². The van der Waals surface area contributed by atoms with Crippen LogP contribution in [0, 0.1) is 0 Å². The maximum atomic E-state index is 11.8. The van der Waals surface area contributed by atoms with Crippen molar-refractivity contribution in [3.8, 4) is 0 Å². The number of anilines is 1. The summed E-state index contributed by atoms with van der Waals surface area (Å²) in [5.41, 5.74) is 1.96. The normalized spacial score (nSPS) is 18.2. The first-order valence-corrected chi connectivity index (χ1v) is 9.73. The van der Waals surface area contributed by atoms with Crippen LogP contribution in [0.15, 0.2) is 72.1 Å². The zero-order chi connectivity index (χ0) is 17.0. The van der Waals surface area contributed by atoms with Gasteiger partial charge in [-0.2, -0.15) is 0 Å². The number of thiocarbonyl (C=S) groups is 1. The lowest BCUT2D eigenvalue weighted by atomic mass is 10.2. The van der Waals surface area contributed by atoms with Crippen LogP contribution in [0.4, 0.5) is 5.69 Å². The van der Waals surface area contributed by atoms with Crippen LogP contribution in [0.3, 0.4) is 0 Å². The van der Waals surface area contributed by atoms with Gasteiger partial charge in [0.2, 0.25) is 0 Å². The Balaban J connectivity index is 1.81. The minimum absolute atomic E-state index is 0.0520. The summed E-state index contributed by atoms with van der Waals surface area (Å²) in [5.74, 6) is 0.0520. The standard InChI is InChI=1S/C18H18N2O2S2/c21-24(22)12-11-17(14-24)20(13-15-7-3-1-4-8-15)18(23)19-16-9-5-2-6-10-16/h1-12,17H,13-14H2,(H,19,23)/t17-/m0/s1. The summed E-state index contributed by atoms with van der Waals surface area (Å²) in [7, 11) is -3.15. The Morgan fingerprint density at radius 2 is 1.71 bits per heavy atom. The van der Waals surface area contributed by atoms with E-state index in [4.69, 9.17) is 12.2 Å². The van der Waals surface area contributed by atoms with Gasteiger partial charge in [0.25, 0.3) is 0 Å². The molecule has 0 radical (unpaired) electrons. The Morgan fingerprint density at radius 3 is 2.29 bits per heavy atom. The molecule has 4 nitrogen and oxygen atoms in total. The van der Waals surface area contributed by atoms with Crippen molar-refractivity contribution in [3.63, 3.8) is 0 Å². The van der Waals surface area contributed by atoms with Gasteiger partial charge < -0.3 is 10.2 Å². The lowest BCUT2D eigenvalue weighted by molar-refractivity contribution is 0.380. The minimum atomic E-state index is -3.15. The smallest absolute Gasteiger partial charge is 0.174 e. The molecule has 124 valence electrons. The van der Waals surface area contributed by atoms with E-state index in [0.29, 0.717) is 11.7 Å². The predicted molar refractivity (Wildman–Crippen MR) is 101 cm³/mol.